The van der Waals surface area contributed by atoms with Gasteiger partial charge in [0.05, 0.1) is 21.3 Å². The van der Waals surface area contributed by atoms with Crippen molar-refractivity contribution in [2.24, 2.45) is 0 Å². The average Bonchev–Trinajstić information content (AvgIpc) is 2.53. The summed E-state index contributed by atoms with van der Waals surface area (Å²) in [4.78, 5) is 11.8. The molecule has 0 atom stereocenters. The average molecular weight is 300 g/mol. The molecule has 0 amide bonds. The fourth-order valence-electron chi connectivity index (χ4n) is 2.40. The molecule has 4 heteroatoms. The maximum atomic E-state index is 11.8. The van der Waals surface area contributed by atoms with Crippen molar-refractivity contribution in [2.75, 3.05) is 21.3 Å². The molecule has 0 aliphatic rings. The summed E-state index contributed by atoms with van der Waals surface area (Å²) >= 11 is 0. The highest BCUT2D eigenvalue weighted by molar-refractivity contribution is 5.97. The molecule has 0 aliphatic carbocycles. The van der Waals surface area contributed by atoms with Crippen molar-refractivity contribution < 1.29 is 19.0 Å². The number of methoxy groups -OCH3 is 3. The minimum Gasteiger partial charge on any atom is -0.496 e. The van der Waals surface area contributed by atoms with Crippen LogP contribution in [-0.2, 0) is 0 Å². The summed E-state index contributed by atoms with van der Waals surface area (Å²) in [6.45, 7) is 3.53. The third-order valence-corrected chi connectivity index (χ3v) is 3.53. The first-order valence-electron chi connectivity index (χ1n) is 6.93. The molecule has 0 bridgehead atoms. The monoisotopic (exact) mass is 300 g/mol. The SMILES string of the molecule is COc1ccc(C)cc1-c1cc(C(C)=O)cc(OC)c1OC. The van der Waals surface area contributed by atoms with Gasteiger partial charge in [0.15, 0.2) is 17.3 Å². The lowest BCUT2D eigenvalue weighted by molar-refractivity contribution is 0.101. The van der Waals surface area contributed by atoms with Gasteiger partial charge in [-0.1, -0.05) is 11.6 Å². The number of carbonyl (C=O) groups excluding carboxylic acids is 1. The number of rotatable bonds is 5. The van der Waals surface area contributed by atoms with Crippen LogP contribution in [0.15, 0.2) is 30.3 Å². The van der Waals surface area contributed by atoms with Gasteiger partial charge in [-0.15, -0.1) is 0 Å². The largest absolute Gasteiger partial charge is 0.496 e. The molecular weight excluding hydrogens is 280 g/mol. The van der Waals surface area contributed by atoms with Crippen molar-refractivity contribution in [1.29, 1.82) is 0 Å². The van der Waals surface area contributed by atoms with Gasteiger partial charge in [-0.05, 0) is 38.1 Å². The Hall–Kier alpha value is -2.49. The van der Waals surface area contributed by atoms with Crippen LogP contribution in [0.3, 0.4) is 0 Å². The highest BCUT2D eigenvalue weighted by atomic mass is 16.5. The lowest BCUT2D eigenvalue weighted by atomic mass is 9.97. The van der Waals surface area contributed by atoms with Crippen molar-refractivity contribution in [2.45, 2.75) is 13.8 Å². The Bertz CT molecular complexity index is 704. The second-order valence-electron chi connectivity index (χ2n) is 5.02. The highest BCUT2D eigenvalue weighted by Crippen LogP contribution is 2.43. The predicted molar refractivity (Wildman–Crippen MR) is 86.3 cm³/mol. The van der Waals surface area contributed by atoms with Gasteiger partial charge in [0.1, 0.15) is 5.75 Å². The molecule has 0 fully saturated rings. The molecule has 22 heavy (non-hydrogen) atoms. The van der Waals surface area contributed by atoms with Crippen molar-refractivity contribution in [3.63, 3.8) is 0 Å². The Balaban J connectivity index is 2.80. The van der Waals surface area contributed by atoms with E-state index in [0.717, 1.165) is 16.7 Å². The van der Waals surface area contributed by atoms with E-state index in [-0.39, 0.29) is 5.78 Å². The first-order valence-corrected chi connectivity index (χ1v) is 6.93. The Kier molecular flexibility index (Phi) is 4.71. The maximum Gasteiger partial charge on any atom is 0.168 e. The van der Waals surface area contributed by atoms with E-state index in [1.165, 1.54) is 6.92 Å². The maximum absolute atomic E-state index is 11.8. The zero-order valence-electron chi connectivity index (χ0n) is 13.5. The number of carbonyl (C=O) groups is 1. The number of ketones is 1. The van der Waals surface area contributed by atoms with Crippen molar-refractivity contribution in [3.05, 3.63) is 41.5 Å². The Morgan fingerprint density at radius 1 is 0.864 bits per heavy atom. The third-order valence-electron chi connectivity index (χ3n) is 3.53. The van der Waals surface area contributed by atoms with Gasteiger partial charge < -0.3 is 14.2 Å². The van der Waals surface area contributed by atoms with E-state index in [0.29, 0.717) is 22.8 Å². The Morgan fingerprint density at radius 2 is 1.55 bits per heavy atom. The van der Waals surface area contributed by atoms with Crippen LogP contribution >= 0.6 is 0 Å². The molecular formula is C18H20O4. The molecule has 4 nitrogen and oxygen atoms in total. The summed E-state index contributed by atoms with van der Waals surface area (Å²) in [6, 6.07) is 9.37. The van der Waals surface area contributed by atoms with Gasteiger partial charge in [-0.2, -0.15) is 0 Å². The number of ether oxygens (including phenoxy) is 3. The zero-order valence-corrected chi connectivity index (χ0v) is 13.5. The molecule has 0 saturated carbocycles. The van der Waals surface area contributed by atoms with E-state index in [2.05, 4.69) is 0 Å². The number of aryl methyl sites for hydroxylation is 1. The Morgan fingerprint density at radius 3 is 2.09 bits per heavy atom. The van der Waals surface area contributed by atoms with Crippen LogP contribution in [0.4, 0.5) is 0 Å². The summed E-state index contributed by atoms with van der Waals surface area (Å²) in [5.74, 6) is 1.78. The lowest BCUT2D eigenvalue weighted by Gasteiger charge is -2.17. The van der Waals surface area contributed by atoms with Crippen molar-refractivity contribution >= 4 is 5.78 Å². The molecule has 2 rings (SSSR count). The third kappa shape index (κ3) is 2.91. The minimum atomic E-state index is -0.0335. The fraction of sp³-hybridized carbons (Fsp3) is 0.278. The van der Waals surface area contributed by atoms with Crippen LogP contribution in [0.25, 0.3) is 11.1 Å². The molecule has 0 spiro atoms. The van der Waals surface area contributed by atoms with Crippen molar-refractivity contribution in [3.8, 4) is 28.4 Å². The molecule has 0 radical (unpaired) electrons. The molecule has 0 saturated heterocycles. The molecule has 2 aromatic rings. The second kappa shape index (κ2) is 6.52. The van der Waals surface area contributed by atoms with E-state index in [1.54, 1.807) is 33.5 Å². The van der Waals surface area contributed by atoms with E-state index < -0.39 is 0 Å². The molecule has 116 valence electrons. The first kappa shape index (κ1) is 15.9. The van der Waals surface area contributed by atoms with E-state index >= 15 is 0 Å². The highest BCUT2D eigenvalue weighted by Gasteiger charge is 2.18. The smallest absolute Gasteiger partial charge is 0.168 e. The van der Waals surface area contributed by atoms with Gasteiger partial charge in [-0.3, -0.25) is 4.79 Å². The van der Waals surface area contributed by atoms with E-state index in [4.69, 9.17) is 14.2 Å². The molecule has 0 aromatic heterocycles. The van der Waals surface area contributed by atoms with E-state index in [9.17, 15) is 4.79 Å². The van der Waals surface area contributed by atoms with Gasteiger partial charge >= 0.3 is 0 Å². The molecule has 2 aromatic carbocycles. The van der Waals surface area contributed by atoms with Gasteiger partial charge in [-0.25, -0.2) is 0 Å². The number of hydrogen-bond donors (Lipinski definition) is 0. The summed E-state index contributed by atoms with van der Waals surface area (Å²) in [6.07, 6.45) is 0. The summed E-state index contributed by atoms with van der Waals surface area (Å²) < 4.78 is 16.3. The molecule has 0 aliphatic heterocycles. The number of benzene rings is 2. The van der Waals surface area contributed by atoms with Crippen LogP contribution < -0.4 is 14.2 Å². The normalized spacial score (nSPS) is 10.2. The first-order chi connectivity index (χ1) is 10.5. The van der Waals surface area contributed by atoms with E-state index in [1.807, 2.05) is 25.1 Å². The predicted octanol–water partition coefficient (Wildman–Crippen LogP) is 3.89. The lowest BCUT2D eigenvalue weighted by Crippen LogP contribution is -2.00. The van der Waals surface area contributed by atoms with Crippen LogP contribution in [0, 0.1) is 6.92 Å². The van der Waals surface area contributed by atoms with Crippen molar-refractivity contribution in [1.82, 2.24) is 0 Å². The topological polar surface area (TPSA) is 44.8 Å². The van der Waals surface area contributed by atoms with Gasteiger partial charge in [0, 0.05) is 16.7 Å². The standard InChI is InChI=1S/C18H20O4/c1-11-6-7-16(20-3)14(8-11)15-9-13(12(2)19)10-17(21-4)18(15)22-5/h6-10H,1-5H3. The number of hydrogen-bond acceptors (Lipinski definition) is 4. The van der Waals surface area contributed by atoms with Crippen LogP contribution in [-0.4, -0.2) is 27.1 Å². The summed E-state index contributed by atoms with van der Waals surface area (Å²) in [7, 11) is 4.75. The Labute approximate surface area is 130 Å². The summed E-state index contributed by atoms with van der Waals surface area (Å²) in [5, 5.41) is 0. The quantitative estimate of drug-likeness (QED) is 0.786. The van der Waals surface area contributed by atoms with Crippen LogP contribution in [0.5, 0.6) is 17.2 Å². The summed E-state index contributed by atoms with van der Waals surface area (Å²) in [5.41, 5.74) is 3.29. The second-order valence-corrected chi connectivity index (χ2v) is 5.02. The molecule has 0 unspecified atom stereocenters. The fourth-order valence-corrected chi connectivity index (χ4v) is 2.40. The minimum absolute atomic E-state index is 0.0335. The number of Topliss-reactive ketones (excluding diaryl/α,β-unsaturated/α-hetero) is 1. The zero-order chi connectivity index (χ0) is 16.3. The molecule has 0 heterocycles. The van der Waals surface area contributed by atoms with Gasteiger partial charge in [0.2, 0.25) is 0 Å². The van der Waals surface area contributed by atoms with Gasteiger partial charge in [0.25, 0.3) is 0 Å². The molecule has 0 N–H and O–H groups in total. The van der Waals surface area contributed by atoms with Crippen LogP contribution in [0.2, 0.25) is 0 Å². The van der Waals surface area contributed by atoms with Crippen LogP contribution in [0.1, 0.15) is 22.8 Å².